The summed E-state index contributed by atoms with van der Waals surface area (Å²) in [6.07, 6.45) is 4.82. The van der Waals surface area contributed by atoms with E-state index >= 15 is 0 Å². The molecule has 168 valence electrons. The maximum Gasteiger partial charge on any atom is 0.274 e. The molecule has 1 fully saturated rings. The van der Waals surface area contributed by atoms with Gasteiger partial charge in [-0.05, 0) is 37.5 Å². The van der Waals surface area contributed by atoms with Gasteiger partial charge in [-0.3, -0.25) is 9.78 Å². The standard InChI is InChI=1S/C24H29N5O3/c1-31-19-12-18(13-20(15-19)32-2)29(11-8-25)17-6-7-21-22(14-17)27-23(16-26-21)24(30)28-9-4-3-5-10-28/h6-7,12-16H,3-5,8-11,25H2,1-2H3. The maximum absolute atomic E-state index is 12.9. The van der Waals surface area contributed by atoms with Crippen molar-refractivity contribution in [3.8, 4) is 11.5 Å². The Morgan fingerprint density at radius 3 is 2.38 bits per heavy atom. The number of piperidine rings is 1. The van der Waals surface area contributed by atoms with E-state index in [1.165, 1.54) is 6.42 Å². The van der Waals surface area contributed by atoms with Crippen LogP contribution >= 0.6 is 0 Å². The fraction of sp³-hybridized carbons (Fsp3) is 0.375. The number of carbonyl (C=O) groups excluding carboxylic acids is 1. The quantitative estimate of drug-likeness (QED) is 0.608. The van der Waals surface area contributed by atoms with E-state index in [9.17, 15) is 4.79 Å². The predicted molar refractivity (Wildman–Crippen MR) is 125 cm³/mol. The van der Waals surface area contributed by atoms with Gasteiger partial charge in [-0.25, -0.2) is 4.98 Å². The zero-order chi connectivity index (χ0) is 22.5. The number of hydrogen-bond donors (Lipinski definition) is 1. The number of nitrogens with zero attached hydrogens (tertiary/aromatic N) is 4. The van der Waals surface area contributed by atoms with E-state index in [1.807, 2.05) is 41.3 Å². The van der Waals surface area contributed by atoms with Crippen LogP contribution in [-0.4, -0.2) is 61.2 Å². The molecule has 3 aromatic rings. The van der Waals surface area contributed by atoms with Gasteiger partial charge in [0, 0.05) is 55.8 Å². The van der Waals surface area contributed by atoms with E-state index < -0.39 is 0 Å². The highest BCUT2D eigenvalue weighted by atomic mass is 16.5. The average molecular weight is 436 g/mol. The summed E-state index contributed by atoms with van der Waals surface area (Å²) in [5.41, 5.74) is 9.49. The van der Waals surface area contributed by atoms with Gasteiger partial charge in [0.25, 0.3) is 5.91 Å². The van der Waals surface area contributed by atoms with Gasteiger partial charge in [0.2, 0.25) is 0 Å². The number of anilines is 2. The number of carbonyl (C=O) groups is 1. The summed E-state index contributed by atoms with van der Waals surface area (Å²) < 4.78 is 10.9. The second-order valence-electron chi connectivity index (χ2n) is 7.79. The summed E-state index contributed by atoms with van der Waals surface area (Å²) in [6, 6.07) is 11.5. The Morgan fingerprint density at radius 1 is 1.00 bits per heavy atom. The molecule has 2 N–H and O–H groups in total. The number of benzene rings is 2. The fourth-order valence-corrected chi connectivity index (χ4v) is 4.01. The van der Waals surface area contributed by atoms with Crippen LogP contribution in [0, 0.1) is 0 Å². The van der Waals surface area contributed by atoms with Crippen LogP contribution < -0.4 is 20.1 Å². The number of methoxy groups -OCH3 is 2. The third-order valence-electron chi connectivity index (χ3n) is 5.70. The van der Waals surface area contributed by atoms with Crippen molar-refractivity contribution in [2.24, 2.45) is 5.73 Å². The predicted octanol–water partition coefficient (Wildman–Crippen LogP) is 3.37. The first-order valence-corrected chi connectivity index (χ1v) is 10.9. The van der Waals surface area contributed by atoms with Crippen molar-refractivity contribution >= 4 is 28.3 Å². The maximum atomic E-state index is 12.9. The number of hydrogen-bond acceptors (Lipinski definition) is 7. The van der Waals surface area contributed by atoms with Crippen LogP contribution in [0.5, 0.6) is 11.5 Å². The highest BCUT2D eigenvalue weighted by Crippen LogP contribution is 2.33. The van der Waals surface area contributed by atoms with Crippen molar-refractivity contribution in [2.75, 3.05) is 45.3 Å². The van der Waals surface area contributed by atoms with Crippen LogP contribution in [0.4, 0.5) is 11.4 Å². The number of aromatic nitrogens is 2. The van der Waals surface area contributed by atoms with Gasteiger partial charge in [0.05, 0.1) is 31.4 Å². The minimum atomic E-state index is -0.0548. The molecule has 8 nitrogen and oxygen atoms in total. The molecular formula is C24H29N5O3. The van der Waals surface area contributed by atoms with E-state index in [1.54, 1.807) is 20.4 Å². The van der Waals surface area contributed by atoms with Gasteiger partial charge < -0.3 is 25.0 Å². The van der Waals surface area contributed by atoms with Gasteiger partial charge >= 0.3 is 0 Å². The van der Waals surface area contributed by atoms with Crippen molar-refractivity contribution in [3.63, 3.8) is 0 Å². The summed E-state index contributed by atoms with van der Waals surface area (Å²) in [5, 5.41) is 0. The lowest BCUT2D eigenvalue weighted by atomic mass is 10.1. The SMILES string of the molecule is COc1cc(OC)cc(N(CCN)c2ccc3ncc(C(=O)N4CCCCC4)nc3c2)c1. The molecule has 4 rings (SSSR count). The molecule has 1 saturated heterocycles. The summed E-state index contributed by atoms with van der Waals surface area (Å²) in [7, 11) is 3.25. The van der Waals surface area contributed by atoms with Gasteiger partial charge in [0.15, 0.2) is 0 Å². The van der Waals surface area contributed by atoms with Crippen LogP contribution in [-0.2, 0) is 0 Å². The summed E-state index contributed by atoms with van der Waals surface area (Å²) in [6.45, 7) is 2.60. The highest BCUT2D eigenvalue weighted by molar-refractivity contribution is 5.94. The van der Waals surface area contributed by atoms with Gasteiger partial charge in [-0.2, -0.15) is 0 Å². The average Bonchev–Trinajstić information content (AvgIpc) is 2.86. The molecule has 1 aliphatic rings. The third-order valence-corrected chi connectivity index (χ3v) is 5.70. The Bertz CT molecular complexity index is 1080. The van der Waals surface area contributed by atoms with Crippen LogP contribution in [0.25, 0.3) is 11.0 Å². The number of amides is 1. The summed E-state index contributed by atoms with van der Waals surface area (Å²) in [4.78, 5) is 26.0. The lowest BCUT2D eigenvalue weighted by Crippen LogP contribution is -2.36. The van der Waals surface area contributed by atoms with Gasteiger partial charge in [-0.1, -0.05) is 0 Å². The molecule has 0 saturated carbocycles. The second-order valence-corrected chi connectivity index (χ2v) is 7.79. The summed E-state index contributed by atoms with van der Waals surface area (Å²) in [5.74, 6) is 1.33. The van der Waals surface area contributed by atoms with E-state index in [0.29, 0.717) is 35.8 Å². The van der Waals surface area contributed by atoms with Crippen LogP contribution in [0.15, 0.2) is 42.6 Å². The van der Waals surface area contributed by atoms with Crippen molar-refractivity contribution in [3.05, 3.63) is 48.3 Å². The third kappa shape index (κ3) is 4.60. The molecule has 0 radical (unpaired) electrons. The molecule has 8 heteroatoms. The number of rotatable bonds is 7. The van der Waals surface area contributed by atoms with Gasteiger partial charge in [-0.15, -0.1) is 0 Å². The lowest BCUT2D eigenvalue weighted by molar-refractivity contribution is 0.0718. The Kier molecular flexibility index (Phi) is 6.70. The molecule has 2 heterocycles. The van der Waals surface area contributed by atoms with Crippen LogP contribution in [0.3, 0.4) is 0 Å². The topological polar surface area (TPSA) is 93.8 Å². The van der Waals surface area contributed by atoms with E-state index in [0.717, 1.165) is 42.8 Å². The smallest absolute Gasteiger partial charge is 0.274 e. The van der Waals surface area contributed by atoms with E-state index in [4.69, 9.17) is 15.2 Å². The molecule has 32 heavy (non-hydrogen) atoms. The molecule has 0 unspecified atom stereocenters. The molecule has 1 amide bonds. The van der Waals surface area contributed by atoms with Crippen molar-refractivity contribution in [1.82, 2.24) is 14.9 Å². The number of nitrogens with two attached hydrogens (primary N) is 1. The minimum Gasteiger partial charge on any atom is -0.497 e. The molecule has 0 spiro atoms. The minimum absolute atomic E-state index is 0.0548. The van der Waals surface area contributed by atoms with Crippen LogP contribution in [0.1, 0.15) is 29.8 Å². The Morgan fingerprint density at radius 2 is 1.72 bits per heavy atom. The van der Waals surface area contributed by atoms with Crippen molar-refractivity contribution in [2.45, 2.75) is 19.3 Å². The number of fused-ring (bicyclic) bond motifs is 1. The first kappa shape index (κ1) is 21.8. The molecule has 0 atom stereocenters. The van der Waals surface area contributed by atoms with Crippen molar-refractivity contribution in [1.29, 1.82) is 0 Å². The molecule has 1 aromatic heterocycles. The molecule has 0 bridgehead atoms. The second kappa shape index (κ2) is 9.82. The normalized spacial score (nSPS) is 13.8. The molecule has 0 aliphatic carbocycles. The van der Waals surface area contributed by atoms with Gasteiger partial charge in [0.1, 0.15) is 17.2 Å². The molecule has 1 aliphatic heterocycles. The Hall–Kier alpha value is -3.39. The zero-order valence-corrected chi connectivity index (χ0v) is 18.6. The molecular weight excluding hydrogens is 406 g/mol. The first-order valence-electron chi connectivity index (χ1n) is 10.9. The summed E-state index contributed by atoms with van der Waals surface area (Å²) >= 11 is 0. The lowest BCUT2D eigenvalue weighted by Gasteiger charge is -2.26. The number of ether oxygens (including phenoxy) is 2. The monoisotopic (exact) mass is 435 g/mol. The van der Waals surface area contributed by atoms with Crippen molar-refractivity contribution < 1.29 is 14.3 Å². The Labute approximate surface area is 188 Å². The number of likely N-dealkylation sites (tertiary alicyclic amines) is 1. The Balaban J connectivity index is 1.71. The largest absolute Gasteiger partial charge is 0.497 e. The van der Waals surface area contributed by atoms with E-state index in [2.05, 4.69) is 14.9 Å². The highest BCUT2D eigenvalue weighted by Gasteiger charge is 2.20. The first-order chi connectivity index (χ1) is 15.6. The molecule has 2 aromatic carbocycles. The zero-order valence-electron chi connectivity index (χ0n) is 18.6. The van der Waals surface area contributed by atoms with Crippen LogP contribution in [0.2, 0.25) is 0 Å². The van der Waals surface area contributed by atoms with E-state index in [-0.39, 0.29) is 5.91 Å². The fourth-order valence-electron chi connectivity index (χ4n) is 4.01.